The molecule has 0 aromatic heterocycles. The largest absolute Gasteiger partial charge is 0.456 e. The van der Waals surface area contributed by atoms with Gasteiger partial charge in [-0.2, -0.15) is 0 Å². The molecule has 4 atom stereocenters. The van der Waals surface area contributed by atoms with E-state index in [2.05, 4.69) is 0 Å². The zero-order chi connectivity index (χ0) is 19.4. The molecule has 1 rings (SSSR count). The zero-order valence-corrected chi connectivity index (χ0v) is 15.7. The third-order valence-electron chi connectivity index (χ3n) is 2.80. The number of nitrogens with one attached hydrogen (secondary N) is 1. The minimum absolute atomic E-state index is 0.271. The van der Waals surface area contributed by atoms with Crippen LogP contribution in [-0.2, 0) is 38.1 Å². The van der Waals surface area contributed by atoms with Crippen molar-refractivity contribution in [1.29, 1.82) is 5.41 Å². The molecule has 25 heavy (non-hydrogen) atoms. The second kappa shape index (κ2) is 8.88. The second-order valence-corrected chi connectivity index (χ2v) is 7.22. The van der Waals surface area contributed by atoms with Crippen molar-refractivity contribution in [3.05, 3.63) is 0 Å². The monoisotopic (exact) mass is 419 g/mol. The maximum Gasteiger partial charge on any atom is 0.303 e. The number of hydrogen-bond acceptors (Lipinski definition) is 9. The molecule has 12 heteroatoms. The second-order valence-electron chi connectivity index (χ2n) is 4.94. The van der Waals surface area contributed by atoms with E-state index in [1.165, 1.54) is 0 Å². The van der Waals surface area contributed by atoms with Crippen molar-refractivity contribution in [3.8, 4) is 0 Å². The van der Waals surface area contributed by atoms with Crippen LogP contribution in [0.3, 0.4) is 0 Å². The Hall–Kier alpha value is -1.29. The van der Waals surface area contributed by atoms with E-state index in [0.29, 0.717) is 0 Å². The van der Waals surface area contributed by atoms with Gasteiger partial charge in [-0.1, -0.05) is 34.8 Å². The van der Waals surface area contributed by atoms with Crippen LogP contribution >= 0.6 is 34.8 Å². The number of carbonyl (C=O) groups excluding carboxylic acids is 3. The smallest absolute Gasteiger partial charge is 0.303 e. The lowest BCUT2D eigenvalue weighted by molar-refractivity contribution is -0.263. The number of ether oxygens (including phenoxy) is 5. The Morgan fingerprint density at radius 3 is 1.84 bits per heavy atom. The third-order valence-corrected chi connectivity index (χ3v) is 3.31. The average molecular weight is 421 g/mol. The lowest BCUT2D eigenvalue weighted by atomic mass is 10.0. The van der Waals surface area contributed by atoms with Crippen LogP contribution in [0, 0.1) is 5.41 Å². The molecule has 0 aromatic carbocycles. The molecule has 0 bridgehead atoms. The summed E-state index contributed by atoms with van der Waals surface area (Å²) < 4.78 is 23.4. The molecular weight excluding hydrogens is 405 g/mol. The molecule has 1 aliphatic rings. The Morgan fingerprint density at radius 1 is 0.920 bits per heavy atom. The van der Waals surface area contributed by atoms with E-state index < -0.39 is 52.2 Å². The van der Waals surface area contributed by atoms with Crippen LogP contribution < -0.4 is 0 Å². The highest BCUT2D eigenvalue weighted by molar-refractivity contribution is 6.76. The predicted molar refractivity (Wildman–Crippen MR) is 85.5 cm³/mol. The normalized spacial score (nSPS) is 26.3. The lowest BCUT2D eigenvalue weighted by Crippen LogP contribution is -2.58. The van der Waals surface area contributed by atoms with Crippen LogP contribution in [-0.4, -0.2) is 58.8 Å². The van der Waals surface area contributed by atoms with Crippen LogP contribution in [0.1, 0.15) is 20.8 Å². The summed E-state index contributed by atoms with van der Waals surface area (Å²) in [7, 11) is 0. The highest BCUT2D eigenvalue weighted by atomic mass is 35.6. The first-order valence-electron chi connectivity index (χ1n) is 6.87. The molecule has 1 aliphatic heterocycles. The fraction of sp³-hybridized carbons (Fsp3) is 0.692. The van der Waals surface area contributed by atoms with Crippen LogP contribution in [0.25, 0.3) is 0 Å². The Morgan fingerprint density at radius 2 is 1.40 bits per heavy atom. The summed E-state index contributed by atoms with van der Waals surface area (Å²) in [5.41, 5.74) is 0. The Labute approximate surface area is 158 Å². The van der Waals surface area contributed by atoms with Gasteiger partial charge in [0.25, 0.3) is 3.79 Å². The third kappa shape index (κ3) is 6.85. The molecule has 0 aromatic rings. The number of hydrogen-bond donors (Lipinski definition) is 1. The molecule has 1 saturated heterocycles. The molecule has 0 spiro atoms. The fourth-order valence-corrected chi connectivity index (χ4v) is 2.13. The van der Waals surface area contributed by atoms with E-state index in [0.717, 1.165) is 20.8 Å². The summed E-state index contributed by atoms with van der Waals surface area (Å²) in [4.78, 5) is 34.0. The quantitative estimate of drug-likeness (QED) is 0.239. The van der Waals surface area contributed by atoms with Gasteiger partial charge in [-0.15, -0.1) is 0 Å². The van der Waals surface area contributed by atoms with Gasteiger partial charge in [0.2, 0.25) is 18.3 Å². The SMILES string of the molecule is CC(=O)O[C@H]1[C@H](OC(C)=O)COC(OC(=N)C(Cl)(Cl)Cl)[C@@H]1OC(C)=O. The first-order valence-corrected chi connectivity index (χ1v) is 8.01. The number of esters is 3. The van der Waals surface area contributed by atoms with Crippen molar-refractivity contribution in [2.45, 2.75) is 49.2 Å². The summed E-state index contributed by atoms with van der Waals surface area (Å²) in [5.74, 6) is -2.95. The van der Waals surface area contributed by atoms with Crippen molar-refractivity contribution >= 4 is 58.6 Å². The van der Waals surface area contributed by atoms with Gasteiger partial charge < -0.3 is 23.7 Å². The van der Waals surface area contributed by atoms with Crippen LogP contribution in [0.2, 0.25) is 0 Å². The Kier molecular flexibility index (Phi) is 7.73. The Bertz CT molecular complexity index is 550. The minimum Gasteiger partial charge on any atom is -0.456 e. The van der Waals surface area contributed by atoms with Crippen LogP contribution in [0.4, 0.5) is 0 Å². The minimum atomic E-state index is -2.19. The van der Waals surface area contributed by atoms with Crippen molar-refractivity contribution in [1.82, 2.24) is 0 Å². The lowest BCUT2D eigenvalue weighted by Gasteiger charge is -2.40. The van der Waals surface area contributed by atoms with Gasteiger partial charge in [0.05, 0.1) is 6.61 Å². The highest BCUT2D eigenvalue weighted by Gasteiger charge is 2.49. The van der Waals surface area contributed by atoms with Crippen molar-refractivity contribution in [2.24, 2.45) is 0 Å². The van der Waals surface area contributed by atoms with Gasteiger partial charge in [0.15, 0.2) is 12.2 Å². The molecule has 1 heterocycles. The molecule has 1 fully saturated rings. The van der Waals surface area contributed by atoms with Gasteiger partial charge in [-0.25, -0.2) is 0 Å². The molecule has 9 nitrogen and oxygen atoms in total. The standard InChI is InChI=1S/C13H16Cl3NO8/c1-5(18)22-8-4-21-11(25-12(17)13(14,15)16)10(24-7(3)20)9(8)23-6(2)19/h8-11,17H,4H2,1-3H3/t8-,9+,10-,11?/m1/s1. The first-order chi connectivity index (χ1) is 11.4. The maximum atomic E-state index is 11.4. The molecule has 0 amide bonds. The molecule has 142 valence electrons. The van der Waals surface area contributed by atoms with Crippen molar-refractivity contribution < 1.29 is 38.1 Å². The summed E-state index contributed by atoms with van der Waals surface area (Å²) in [6.07, 6.45) is -5.10. The summed E-state index contributed by atoms with van der Waals surface area (Å²) in [6.45, 7) is 3.09. The van der Waals surface area contributed by atoms with Crippen molar-refractivity contribution in [3.63, 3.8) is 0 Å². The van der Waals surface area contributed by atoms with E-state index >= 15 is 0 Å². The summed E-state index contributed by atoms with van der Waals surface area (Å²) in [6, 6.07) is 0. The maximum absolute atomic E-state index is 11.4. The van der Waals surface area contributed by atoms with Gasteiger partial charge in [-0.3, -0.25) is 19.8 Å². The van der Waals surface area contributed by atoms with Gasteiger partial charge in [0.1, 0.15) is 0 Å². The topological polar surface area (TPSA) is 121 Å². The van der Waals surface area contributed by atoms with Gasteiger partial charge in [-0.05, 0) is 0 Å². The predicted octanol–water partition coefficient (Wildman–Crippen LogP) is 1.50. The molecule has 1 N–H and O–H groups in total. The average Bonchev–Trinajstić information content (AvgIpc) is 2.42. The first kappa shape index (κ1) is 21.8. The van der Waals surface area contributed by atoms with Gasteiger partial charge >= 0.3 is 17.9 Å². The summed E-state index contributed by atoms with van der Waals surface area (Å²) >= 11 is 16.6. The van der Waals surface area contributed by atoms with Crippen molar-refractivity contribution in [2.75, 3.05) is 6.61 Å². The molecule has 0 aliphatic carbocycles. The number of rotatable bonds is 4. The van der Waals surface area contributed by atoms with E-state index in [4.69, 9.17) is 63.9 Å². The molecule has 0 radical (unpaired) electrons. The highest BCUT2D eigenvalue weighted by Crippen LogP contribution is 2.31. The van der Waals surface area contributed by atoms with E-state index in [1.54, 1.807) is 0 Å². The number of carbonyl (C=O) groups is 3. The van der Waals surface area contributed by atoms with E-state index in [9.17, 15) is 14.4 Å². The van der Waals surface area contributed by atoms with Gasteiger partial charge in [0, 0.05) is 20.8 Å². The molecule has 0 saturated carbocycles. The fourth-order valence-electron chi connectivity index (χ4n) is 1.99. The zero-order valence-electron chi connectivity index (χ0n) is 13.4. The number of alkyl halides is 3. The van der Waals surface area contributed by atoms with E-state index in [-0.39, 0.29) is 6.61 Å². The van der Waals surface area contributed by atoms with Crippen LogP contribution in [0.5, 0.6) is 0 Å². The van der Waals surface area contributed by atoms with Crippen LogP contribution in [0.15, 0.2) is 0 Å². The van der Waals surface area contributed by atoms with E-state index in [1.807, 2.05) is 0 Å². The Balaban J connectivity index is 3.09. The number of halogens is 3. The molecule has 1 unspecified atom stereocenters. The molecular formula is C13H16Cl3NO8. The summed E-state index contributed by atoms with van der Waals surface area (Å²) in [5, 5.41) is 7.59.